The van der Waals surface area contributed by atoms with Gasteiger partial charge in [-0.2, -0.15) is 0 Å². The van der Waals surface area contributed by atoms with Crippen molar-refractivity contribution in [2.75, 3.05) is 27.4 Å². The first-order chi connectivity index (χ1) is 15.6. The van der Waals surface area contributed by atoms with E-state index in [1.807, 2.05) is 42.2 Å². The first-order valence-corrected chi connectivity index (χ1v) is 11.8. The minimum Gasteiger partial charge on any atom is -0.494 e. The van der Waals surface area contributed by atoms with Crippen LogP contribution in [0.3, 0.4) is 0 Å². The highest BCUT2D eigenvalue weighted by Gasteiger charge is 2.23. The van der Waals surface area contributed by atoms with E-state index in [1.54, 1.807) is 14.2 Å². The highest BCUT2D eigenvalue weighted by Crippen LogP contribution is 2.28. The minimum atomic E-state index is 0.0723. The zero-order chi connectivity index (χ0) is 23.3. The predicted molar refractivity (Wildman–Crippen MR) is 130 cm³/mol. The molecule has 0 heterocycles. The second kappa shape index (κ2) is 13.7. The number of rotatable bonds is 14. The van der Waals surface area contributed by atoms with Crippen LogP contribution in [-0.2, 0) is 17.8 Å². The van der Waals surface area contributed by atoms with E-state index in [1.165, 1.54) is 0 Å². The van der Waals surface area contributed by atoms with Gasteiger partial charge in [-0.3, -0.25) is 4.79 Å². The van der Waals surface area contributed by atoms with E-state index in [-0.39, 0.29) is 11.8 Å². The van der Waals surface area contributed by atoms with Gasteiger partial charge in [0.05, 0.1) is 20.8 Å². The van der Waals surface area contributed by atoms with E-state index >= 15 is 0 Å². The Morgan fingerprint density at radius 2 is 1.62 bits per heavy atom. The van der Waals surface area contributed by atoms with E-state index in [9.17, 15) is 4.79 Å². The van der Waals surface area contributed by atoms with Gasteiger partial charge in [-0.25, -0.2) is 0 Å². The van der Waals surface area contributed by atoms with Crippen molar-refractivity contribution in [2.45, 2.75) is 59.4 Å². The normalized spacial score (nSPS) is 11.7. The van der Waals surface area contributed by atoms with Gasteiger partial charge in [-0.05, 0) is 61.6 Å². The number of nitrogens with zero attached hydrogens (tertiary/aromatic N) is 1. The molecule has 1 atom stereocenters. The molecule has 0 aromatic heterocycles. The fourth-order valence-electron chi connectivity index (χ4n) is 3.86. The van der Waals surface area contributed by atoms with Crippen LogP contribution in [0.1, 0.15) is 57.6 Å². The third kappa shape index (κ3) is 7.47. The van der Waals surface area contributed by atoms with Crippen molar-refractivity contribution in [3.63, 3.8) is 0 Å². The maximum absolute atomic E-state index is 13.5. The standard InChI is InChI=1S/C27H39NO4/c1-6-9-10-23(7-2)27(29)28(20-22-11-14-24(15-12-22)32-8-3)18-17-21-13-16-25(30-4)26(19-21)31-5/h11-16,19,23H,6-10,17-18,20H2,1-5H3. The van der Waals surface area contributed by atoms with Crippen molar-refractivity contribution in [3.8, 4) is 17.2 Å². The molecule has 0 fully saturated rings. The summed E-state index contributed by atoms with van der Waals surface area (Å²) in [5.41, 5.74) is 2.23. The van der Waals surface area contributed by atoms with Gasteiger partial charge >= 0.3 is 0 Å². The molecule has 1 unspecified atom stereocenters. The minimum absolute atomic E-state index is 0.0723. The number of ether oxygens (including phenoxy) is 3. The van der Waals surface area contributed by atoms with Crippen molar-refractivity contribution in [1.29, 1.82) is 0 Å². The summed E-state index contributed by atoms with van der Waals surface area (Å²) in [6, 6.07) is 14.0. The molecule has 1 amide bonds. The number of amides is 1. The fraction of sp³-hybridized carbons (Fsp3) is 0.519. The van der Waals surface area contributed by atoms with Crippen molar-refractivity contribution in [2.24, 2.45) is 5.92 Å². The number of unbranched alkanes of at least 4 members (excludes halogenated alkanes) is 1. The molecule has 32 heavy (non-hydrogen) atoms. The number of methoxy groups -OCH3 is 2. The van der Waals surface area contributed by atoms with Crippen LogP contribution in [0.5, 0.6) is 17.2 Å². The smallest absolute Gasteiger partial charge is 0.225 e. The highest BCUT2D eigenvalue weighted by molar-refractivity contribution is 5.78. The monoisotopic (exact) mass is 441 g/mol. The van der Waals surface area contributed by atoms with Gasteiger partial charge in [0.2, 0.25) is 5.91 Å². The largest absolute Gasteiger partial charge is 0.494 e. The number of carbonyl (C=O) groups excluding carboxylic acids is 1. The Labute approximate surface area is 193 Å². The fourth-order valence-corrected chi connectivity index (χ4v) is 3.86. The summed E-state index contributed by atoms with van der Waals surface area (Å²) in [5.74, 6) is 2.60. The van der Waals surface area contributed by atoms with Crippen LogP contribution >= 0.6 is 0 Å². The first-order valence-electron chi connectivity index (χ1n) is 11.8. The summed E-state index contributed by atoms with van der Waals surface area (Å²) in [5, 5.41) is 0. The number of benzene rings is 2. The second-order valence-electron chi connectivity index (χ2n) is 8.02. The Morgan fingerprint density at radius 3 is 2.22 bits per heavy atom. The predicted octanol–water partition coefficient (Wildman–Crippen LogP) is 5.89. The molecular weight excluding hydrogens is 402 g/mol. The summed E-state index contributed by atoms with van der Waals surface area (Å²) in [6.07, 6.45) is 4.76. The van der Waals surface area contributed by atoms with Crippen molar-refractivity contribution in [1.82, 2.24) is 4.90 Å². The number of carbonyl (C=O) groups is 1. The highest BCUT2D eigenvalue weighted by atomic mass is 16.5. The SMILES string of the molecule is CCCCC(CC)C(=O)N(CCc1ccc(OC)c(OC)c1)Cc1ccc(OCC)cc1. The summed E-state index contributed by atoms with van der Waals surface area (Å²) in [7, 11) is 3.28. The average Bonchev–Trinajstić information content (AvgIpc) is 2.83. The van der Waals surface area contributed by atoms with Gasteiger partial charge in [0.1, 0.15) is 5.75 Å². The second-order valence-corrected chi connectivity index (χ2v) is 8.02. The number of hydrogen-bond donors (Lipinski definition) is 0. The molecule has 5 nitrogen and oxygen atoms in total. The van der Waals surface area contributed by atoms with E-state index < -0.39 is 0 Å². The van der Waals surface area contributed by atoms with E-state index in [2.05, 4.69) is 26.0 Å². The van der Waals surface area contributed by atoms with Crippen molar-refractivity contribution in [3.05, 3.63) is 53.6 Å². The molecule has 2 aromatic carbocycles. The number of hydrogen-bond acceptors (Lipinski definition) is 4. The molecule has 0 aliphatic carbocycles. The van der Waals surface area contributed by atoms with Crippen LogP contribution in [-0.4, -0.2) is 38.2 Å². The zero-order valence-corrected chi connectivity index (χ0v) is 20.4. The summed E-state index contributed by atoms with van der Waals surface area (Å²) >= 11 is 0. The first kappa shape index (κ1) is 25.6. The van der Waals surface area contributed by atoms with Crippen LogP contribution in [0, 0.1) is 5.92 Å². The maximum Gasteiger partial charge on any atom is 0.225 e. The van der Waals surface area contributed by atoms with Gasteiger partial charge in [-0.15, -0.1) is 0 Å². The third-order valence-corrected chi connectivity index (χ3v) is 5.79. The van der Waals surface area contributed by atoms with Gasteiger partial charge in [0, 0.05) is 19.0 Å². The maximum atomic E-state index is 13.5. The van der Waals surface area contributed by atoms with Crippen LogP contribution in [0.15, 0.2) is 42.5 Å². The Bertz CT molecular complexity index is 819. The van der Waals surface area contributed by atoms with Crippen LogP contribution in [0.25, 0.3) is 0 Å². The summed E-state index contributed by atoms with van der Waals surface area (Å²) in [4.78, 5) is 15.5. The van der Waals surface area contributed by atoms with Gasteiger partial charge in [0.15, 0.2) is 11.5 Å². The molecule has 0 saturated carbocycles. The van der Waals surface area contributed by atoms with E-state index in [4.69, 9.17) is 14.2 Å². The molecule has 0 radical (unpaired) electrons. The molecule has 0 spiro atoms. The van der Waals surface area contributed by atoms with Gasteiger partial charge in [-0.1, -0.05) is 44.9 Å². The zero-order valence-electron chi connectivity index (χ0n) is 20.4. The lowest BCUT2D eigenvalue weighted by Crippen LogP contribution is -2.37. The van der Waals surface area contributed by atoms with E-state index in [0.29, 0.717) is 31.2 Å². The molecule has 0 aliphatic heterocycles. The molecule has 5 heteroatoms. The van der Waals surface area contributed by atoms with Crippen LogP contribution < -0.4 is 14.2 Å². The molecular formula is C27H39NO4. The van der Waals surface area contributed by atoms with Crippen LogP contribution in [0.2, 0.25) is 0 Å². The molecule has 0 bridgehead atoms. The Morgan fingerprint density at radius 1 is 0.938 bits per heavy atom. The van der Waals surface area contributed by atoms with Gasteiger partial charge in [0.25, 0.3) is 0 Å². The summed E-state index contributed by atoms with van der Waals surface area (Å²) in [6.45, 7) is 8.16. The quantitative estimate of drug-likeness (QED) is 0.367. The van der Waals surface area contributed by atoms with Crippen molar-refractivity contribution < 1.29 is 19.0 Å². The Balaban J connectivity index is 2.18. The van der Waals surface area contributed by atoms with Crippen LogP contribution in [0.4, 0.5) is 0 Å². The average molecular weight is 442 g/mol. The van der Waals surface area contributed by atoms with Crippen molar-refractivity contribution >= 4 is 5.91 Å². The summed E-state index contributed by atoms with van der Waals surface area (Å²) < 4.78 is 16.3. The lowest BCUT2D eigenvalue weighted by atomic mass is 9.97. The lowest BCUT2D eigenvalue weighted by molar-refractivity contribution is -0.136. The van der Waals surface area contributed by atoms with Gasteiger partial charge < -0.3 is 19.1 Å². The lowest BCUT2D eigenvalue weighted by Gasteiger charge is -2.27. The molecule has 2 aromatic rings. The molecule has 2 rings (SSSR count). The molecule has 0 aliphatic rings. The van der Waals surface area contributed by atoms with E-state index in [0.717, 1.165) is 49.0 Å². The molecule has 0 N–H and O–H groups in total. The third-order valence-electron chi connectivity index (χ3n) is 5.79. The molecule has 176 valence electrons. The molecule has 0 saturated heterocycles. The Hall–Kier alpha value is -2.69. The Kier molecular flexibility index (Phi) is 10.9. The topological polar surface area (TPSA) is 48.0 Å².